The summed E-state index contributed by atoms with van der Waals surface area (Å²) in [6.45, 7) is 4.20. The van der Waals surface area contributed by atoms with Crippen LogP contribution in [0.3, 0.4) is 0 Å². The van der Waals surface area contributed by atoms with Gasteiger partial charge >= 0.3 is 5.97 Å². The van der Waals surface area contributed by atoms with Crippen LogP contribution in [0.1, 0.15) is 20.3 Å². The highest BCUT2D eigenvalue weighted by Crippen LogP contribution is 2.13. The number of allylic oxidation sites excluding steroid dienone is 1. The number of rotatable bonds is 5. The lowest BCUT2D eigenvalue weighted by atomic mass is 10.3. The smallest absolute Gasteiger partial charge is 0.327 e. The van der Waals surface area contributed by atoms with Crippen LogP contribution in [0.5, 0.6) is 0 Å². The van der Waals surface area contributed by atoms with E-state index in [-0.39, 0.29) is 0 Å². The molecule has 0 aliphatic carbocycles. The highest BCUT2D eigenvalue weighted by atomic mass is 32.2. The van der Waals surface area contributed by atoms with Gasteiger partial charge in [-0.1, -0.05) is 19.9 Å². The van der Waals surface area contributed by atoms with Crippen LogP contribution < -0.4 is 0 Å². The molecule has 0 radical (unpaired) electrons. The topological polar surface area (TPSA) is 37.3 Å². The molecule has 0 aromatic rings. The molecule has 2 nitrogen and oxygen atoms in total. The molecule has 0 saturated carbocycles. The van der Waals surface area contributed by atoms with Crippen molar-refractivity contribution < 1.29 is 9.90 Å². The minimum absolute atomic E-state index is 0.524. The molecule has 64 valence electrons. The van der Waals surface area contributed by atoms with Crippen molar-refractivity contribution in [2.75, 3.05) is 5.75 Å². The van der Waals surface area contributed by atoms with Gasteiger partial charge in [-0.15, -0.1) is 0 Å². The van der Waals surface area contributed by atoms with E-state index in [2.05, 4.69) is 13.8 Å². The standard InChI is InChI=1S/C8H14O2S/c1-3-11-7(2)5-4-6-8(9)10/h4,6-7H,3,5H2,1-2H3,(H,9,10). The molecule has 0 heterocycles. The van der Waals surface area contributed by atoms with Gasteiger partial charge in [0, 0.05) is 11.3 Å². The molecule has 0 amide bonds. The zero-order valence-corrected chi connectivity index (χ0v) is 7.73. The number of carboxylic acids is 1. The first-order valence-electron chi connectivity index (χ1n) is 3.68. The molecule has 1 N–H and O–H groups in total. The monoisotopic (exact) mass is 174 g/mol. The normalized spacial score (nSPS) is 13.6. The van der Waals surface area contributed by atoms with E-state index in [1.807, 2.05) is 11.8 Å². The second kappa shape index (κ2) is 6.28. The van der Waals surface area contributed by atoms with Gasteiger partial charge in [0.15, 0.2) is 0 Å². The Morgan fingerprint density at radius 1 is 1.73 bits per heavy atom. The SMILES string of the molecule is CCSC(C)CC=CC(=O)O. The summed E-state index contributed by atoms with van der Waals surface area (Å²) in [6, 6.07) is 0. The minimum atomic E-state index is -0.862. The number of carboxylic acid groups (broad SMARTS) is 1. The summed E-state index contributed by atoms with van der Waals surface area (Å²) >= 11 is 1.84. The van der Waals surface area contributed by atoms with Crippen LogP contribution in [0.15, 0.2) is 12.2 Å². The van der Waals surface area contributed by atoms with E-state index >= 15 is 0 Å². The predicted octanol–water partition coefficient (Wildman–Crippen LogP) is 2.16. The maximum Gasteiger partial charge on any atom is 0.327 e. The van der Waals surface area contributed by atoms with E-state index in [1.165, 1.54) is 6.08 Å². The van der Waals surface area contributed by atoms with Crippen LogP contribution in [-0.4, -0.2) is 22.1 Å². The molecule has 0 aromatic heterocycles. The second-order valence-corrected chi connectivity index (χ2v) is 3.96. The fourth-order valence-corrected chi connectivity index (χ4v) is 1.53. The molecule has 3 heteroatoms. The van der Waals surface area contributed by atoms with Crippen molar-refractivity contribution in [1.82, 2.24) is 0 Å². The zero-order chi connectivity index (χ0) is 8.69. The molecule has 0 saturated heterocycles. The van der Waals surface area contributed by atoms with Crippen molar-refractivity contribution in [3.63, 3.8) is 0 Å². The summed E-state index contributed by atoms with van der Waals surface area (Å²) in [5.74, 6) is 0.223. The number of carbonyl (C=O) groups is 1. The van der Waals surface area contributed by atoms with Crippen molar-refractivity contribution in [1.29, 1.82) is 0 Å². The molecule has 0 aliphatic rings. The van der Waals surface area contributed by atoms with E-state index in [0.29, 0.717) is 5.25 Å². The molecular weight excluding hydrogens is 160 g/mol. The molecule has 0 spiro atoms. The van der Waals surface area contributed by atoms with Gasteiger partial charge in [0.2, 0.25) is 0 Å². The van der Waals surface area contributed by atoms with Crippen LogP contribution in [0.2, 0.25) is 0 Å². The Labute approximate surface area is 71.7 Å². The quantitative estimate of drug-likeness (QED) is 0.649. The first-order valence-corrected chi connectivity index (χ1v) is 4.72. The van der Waals surface area contributed by atoms with Gasteiger partial charge in [-0.2, -0.15) is 11.8 Å². The Hall–Kier alpha value is -0.440. The molecule has 0 fully saturated rings. The van der Waals surface area contributed by atoms with Crippen LogP contribution in [0.4, 0.5) is 0 Å². The predicted molar refractivity (Wildman–Crippen MR) is 49.0 cm³/mol. The van der Waals surface area contributed by atoms with E-state index < -0.39 is 5.97 Å². The largest absolute Gasteiger partial charge is 0.478 e. The average Bonchev–Trinajstić information content (AvgIpc) is 1.87. The Balaban J connectivity index is 3.44. The van der Waals surface area contributed by atoms with Crippen LogP contribution in [0.25, 0.3) is 0 Å². The minimum Gasteiger partial charge on any atom is -0.478 e. The van der Waals surface area contributed by atoms with E-state index in [9.17, 15) is 4.79 Å². The second-order valence-electron chi connectivity index (χ2n) is 2.24. The van der Waals surface area contributed by atoms with Crippen LogP contribution in [-0.2, 0) is 4.79 Å². The number of thioether (sulfide) groups is 1. The molecule has 1 atom stereocenters. The summed E-state index contributed by atoms with van der Waals surface area (Å²) < 4.78 is 0. The van der Waals surface area contributed by atoms with Gasteiger partial charge in [-0.05, 0) is 12.2 Å². The third kappa shape index (κ3) is 7.46. The molecular formula is C8H14O2S. The molecule has 11 heavy (non-hydrogen) atoms. The van der Waals surface area contributed by atoms with Crippen LogP contribution >= 0.6 is 11.8 Å². The molecule has 1 unspecified atom stereocenters. The number of hydrogen-bond acceptors (Lipinski definition) is 2. The Bertz CT molecular complexity index is 143. The van der Waals surface area contributed by atoms with Crippen molar-refractivity contribution in [2.45, 2.75) is 25.5 Å². The summed E-state index contributed by atoms with van der Waals surface area (Å²) in [5.41, 5.74) is 0. The summed E-state index contributed by atoms with van der Waals surface area (Å²) in [7, 11) is 0. The van der Waals surface area contributed by atoms with E-state index in [1.54, 1.807) is 6.08 Å². The van der Waals surface area contributed by atoms with E-state index in [4.69, 9.17) is 5.11 Å². The first-order chi connectivity index (χ1) is 5.16. The fraction of sp³-hybridized carbons (Fsp3) is 0.625. The van der Waals surface area contributed by atoms with Crippen molar-refractivity contribution >= 4 is 17.7 Å². The lowest BCUT2D eigenvalue weighted by Crippen LogP contribution is -1.94. The zero-order valence-electron chi connectivity index (χ0n) is 6.91. The molecule has 0 aromatic carbocycles. The molecule has 0 bridgehead atoms. The van der Waals surface area contributed by atoms with Crippen molar-refractivity contribution in [3.8, 4) is 0 Å². The summed E-state index contributed by atoms with van der Waals surface area (Å²) in [6.07, 6.45) is 3.74. The molecule has 0 aliphatic heterocycles. The average molecular weight is 174 g/mol. The highest BCUT2D eigenvalue weighted by Gasteiger charge is 1.96. The summed E-state index contributed by atoms with van der Waals surface area (Å²) in [5, 5.41) is 8.79. The number of hydrogen-bond donors (Lipinski definition) is 1. The van der Waals surface area contributed by atoms with Gasteiger partial charge < -0.3 is 5.11 Å². The maximum atomic E-state index is 10.0. The highest BCUT2D eigenvalue weighted by molar-refractivity contribution is 7.99. The van der Waals surface area contributed by atoms with E-state index in [0.717, 1.165) is 12.2 Å². The van der Waals surface area contributed by atoms with Crippen LogP contribution in [0, 0.1) is 0 Å². The third-order valence-corrected chi connectivity index (χ3v) is 2.27. The van der Waals surface area contributed by atoms with Gasteiger partial charge in [0.05, 0.1) is 0 Å². The van der Waals surface area contributed by atoms with Crippen molar-refractivity contribution in [2.24, 2.45) is 0 Å². The Kier molecular flexibility index (Phi) is 6.03. The Morgan fingerprint density at radius 2 is 2.36 bits per heavy atom. The van der Waals surface area contributed by atoms with Gasteiger partial charge in [-0.3, -0.25) is 0 Å². The van der Waals surface area contributed by atoms with Crippen molar-refractivity contribution in [3.05, 3.63) is 12.2 Å². The lowest BCUT2D eigenvalue weighted by Gasteiger charge is -2.04. The summed E-state index contributed by atoms with van der Waals surface area (Å²) in [4.78, 5) is 10.0. The lowest BCUT2D eigenvalue weighted by molar-refractivity contribution is -0.131. The Morgan fingerprint density at radius 3 is 2.82 bits per heavy atom. The number of aliphatic carboxylic acids is 1. The maximum absolute atomic E-state index is 10.0. The fourth-order valence-electron chi connectivity index (χ4n) is 0.713. The van der Waals surface area contributed by atoms with Gasteiger partial charge in [-0.25, -0.2) is 4.79 Å². The van der Waals surface area contributed by atoms with Gasteiger partial charge in [0.25, 0.3) is 0 Å². The third-order valence-electron chi connectivity index (χ3n) is 1.18. The first kappa shape index (κ1) is 10.6. The van der Waals surface area contributed by atoms with Gasteiger partial charge in [0.1, 0.15) is 0 Å². The molecule has 0 rings (SSSR count).